The van der Waals surface area contributed by atoms with E-state index in [-0.39, 0.29) is 23.8 Å². The predicted octanol–water partition coefficient (Wildman–Crippen LogP) is 1.87. The molecule has 2 aromatic carbocycles. The van der Waals surface area contributed by atoms with Gasteiger partial charge >= 0.3 is 0 Å². The number of Topliss-reactive ketones (excluding diaryl/α,β-unsaturated/α-hetero) is 1. The Morgan fingerprint density at radius 2 is 1.78 bits per heavy atom. The molecule has 0 radical (unpaired) electrons. The summed E-state index contributed by atoms with van der Waals surface area (Å²) in [5.41, 5.74) is 5.95. The van der Waals surface area contributed by atoms with Gasteiger partial charge in [0.1, 0.15) is 17.4 Å². The lowest BCUT2D eigenvalue weighted by molar-refractivity contribution is -0.424. The number of carbonyl (C=O) groups excluding carboxylic acids is 1. The number of aromatic hydroxyl groups is 1. The SMILES string of the molecule is CN(C)c1ccc([C@H]([NH3+])CC(=O)c2c(O)c3ccccc3n(C)c2=O)cc1. The van der Waals surface area contributed by atoms with Crippen molar-refractivity contribution in [3.63, 3.8) is 0 Å². The van der Waals surface area contributed by atoms with Gasteiger partial charge in [-0.05, 0) is 24.3 Å². The summed E-state index contributed by atoms with van der Waals surface area (Å²) in [5, 5.41) is 11.0. The van der Waals surface area contributed by atoms with Crippen LogP contribution in [0.5, 0.6) is 5.75 Å². The minimum absolute atomic E-state index is 0.0441. The van der Waals surface area contributed by atoms with E-state index in [0.717, 1.165) is 11.3 Å². The molecule has 6 nitrogen and oxygen atoms in total. The predicted molar refractivity (Wildman–Crippen MR) is 106 cm³/mol. The van der Waals surface area contributed by atoms with Crippen molar-refractivity contribution in [3.8, 4) is 5.75 Å². The number of benzene rings is 2. The first-order valence-electron chi connectivity index (χ1n) is 8.75. The first-order chi connectivity index (χ1) is 12.8. The Hall–Kier alpha value is -3.12. The van der Waals surface area contributed by atoms with Crippen LogP contribution in [-0.2, 0) is 7.05 Å². The molecule has 1 heterocycles. The summed E-state index contributed by atoms with van der Waals surface area (Å²) in [7, 11) is 5.51. The standard InChI is InChI=1S/C21H23N3O3/c1-23(2)14-10-8-13(9-11-14)16(22)12-18(25)19-20(26)15-6-4-5-7-17(15)24(3)21(19)27/h4-11,16,26H,12,22H2,1-3H3/p+1/t16-/m1/s1. The Bertz CT molecular complexity index is 1050. The molecule has 1 aromatic heterocycles. The molecule has 4 N–H and O–H groups in total. The van der Waals surface area contributed by atoms with Gasteiger partial charge in [0.2, 0.25) is 0 Å². The van der Waals surface area contributed by atoms with Crippen LogP contribution in [-0.4, -0.2) is 29.6 Å². The van der Waals surface area contributed by atoms with Gasteiger partial charge in [-0.15, -0.1) is 0 Å². The van der Waals surface area contributed by atoms with Gasteiger partial charge in [0.15, 0.2) is 5.78 Å². The summed E-state index contributed by atoms with van der Waals surface area (Å²) in [6, 6.07) is 14.4. The summed E-state index contributed by atoms with van der Waals surface area (Å²) >= 11 is 0. The first kappa shape index (κ1) is 18.7. The van der Waals surface area contributed by atoms with Crippen LogP contribution in [0.15, 0.2) is 53.3 Å². The highest BCUT2D eigenvalue weighted by Gasteiger charge is 2.24. The van der Waals surface area contributed by atoms with Gasteiger partial charge < -0.3 is 20.3 Å². The molecular weight excluding hydrogens is 342 g/mol. The van der Waals surface area contributed by atoms with E-state index in [2.05, 4.69) is 5.73 Å². The highest BCUT2D eigenvalue weighted by Crippen LogP contribution is 2.28. The fourth-order valence-corrected chi connectivity index (χ4v) is 3.22. The van der Waals surface area contributed by atoms with Gasteiger partial charge in [-0.25, -0.2) is 0 Å². The summed E-state index contributed by atoms with van der Waals surface area (Å²) in [6.45, 7) is 0. The van der Waals surface area contributed by atoms with Gasteiger partial charge in [-0.2, -0.15) is 0 Å². The Kier molecular flexibility index (Phi) is 5.01. The van der Waals surface area contributed by atoms with Crippen LogP contribution in [0.3, 0.4) is 0 Å². The fourth-order valence-electron chi connectivity index (χ4n) is 3.22. The largest absolute Gasteiger partial charge is 0.506 e. The zero-order valence-corrected chi connectivity index (χ0v) is 15.8. The topological polar surface area (TPSA) is 90.2 Å². The molecule has 0 unspecified atom stereocenters. The molecular formula is C21H24N3O3+. The molecule has 140 valence electrons. The number of rotatable bonds is 5. The monoisotopic (exact) mass is 366 g/mol. The number of aryl methyl sites for hydroxylation is 1. The average Bonchev–Trinajstić information content (AvgIpc) is 2.66. The van der Waals surface area contributed by atoms with E-state index >= 15 is 0 Å². The highest BCUT2D eigenvalue weighted by atomic mass is 16.3. The van der Waals surface area contributed by atoms with Crippen molar-refractivity contribution < 1.29 is 15.6 Å². The molecule has 0 aliphatic rings. The van der Waals surface area contributed by atoms with Crippen LogP contribution in [0, 0.1) is 0 Å². The first-order valence-corrected chi connectivity index (χ1v) is 8.75. The van der Waals surface area contributed by atoms with Gasteiger partial charge in [0.25, 0.3) is 5.56 Å². The number of pyridine rings is 1. The quantitative estimate of drug-likeness (QED) is 0.675. The van der Waals surface area contributed by atoms with Crippen LogP contribution in [0.1, 0.15) is 28.4 Å². The molecule has 0 saturated heterocycles. The summed E-state index contributed by atoms with van der Waals surface area (Å²) < 4.78 is 1.40. The molecule has 0 amide bonds. The second-order valence-electron chi connectivity index (χ2n) is 6.92. The number of carbonyl (C=O) groups is 1. The van der Waals surface area contributed by atoms with Crippen LogP contribution in [0.2, 0.25) is 0 Å². The van der Waals surface area contributed by atoms with E-state index in [9.17, 15) is 14.7 Å². The van der Waals surface area contributed by atoms with Crippen LogP contribution >= 0.6 is 0 Å². The zero-order chi connectivity index (χ0) is 19.7. The Labute approximate surface area is 157 Å². The van der Waals surface area contributed by atoms with Crippen molar-refractivity contribution in [2.75, 3.05) is 19.0 Å². The van der Waals surface area contributed by atoms with E-state index in [1.165, 1.54) is 4.57 Å². The second kappa shape index (κ2) is 7.25. The number of aromatic nitrogens is 1. The lowest BCUT2D eigenvalue weighted by atomic mass is 9.97. The molecule has 3 rings (SSSR count). The lowest BCUT2D eigenvalue weighted by Crippen LogP contribution is -2.54. The zero-order valence-electron chi connectivity index (χ0n) is 15.8. The maximum absolute atomic E-state index is 12.8. The number of fused-ring (bicyclic) bond motifs is 1. The summed E-state index contributed by atoms with van der Waals surface area (Å²) in [4.78, 5) is 27.4. The normalized spacial score (nSPS) is 12.1. The third-order valence-corrected chi connectivity index (χ3v) is 4.87. The minimum Gasteiger partial charge on any atom is -0.506 e. The molecule has 0 fully saturated rings. The Balaban J connectivity index is 1.93. The Morgan fingerprint density at radius 1 is 1.15 bits per heavy atom. The maximum Gasteiger partial charge on any atom is 0.265 e. The third-order valence-electron chi connectivity index (χ3n) is 4.87. The summed E-state index contributed by atoms with van der Waals surface area (Å²) in [6.07, 6.45) is 0.0441. The van der Waals surface area contributed by atoms with Crippen molar-refractivity contribution in [2.24, 2.45) is 7.05 Å². The van der Waals surface area contributed by atoms with Crippen LogP contribution in [0.25, 0.3) is 10.9 Å². The van der Waals surface area contributed by atoms with Crippen molar-refractivity contribution in [1.82, 2.24) is 4.57 Å². The number of nitrogens with zero attached hydrogens (tertiary/aromatic N) is 2. The van der Waals surface area contributed by atoms with E-state index in [4.69, 9.17) is 0 Å². The van der Waals surface area contributed by atoms with E-state index in [0.29, 0.717) is 10.9 Å². The number of para-hydroxylation sites is 1. The van der Waals surface area contributed by atoms with Crippen LogP contribution in [0.4, 0.5) is 5.69 Å². The van der Waals surface area contributed by atoms with Crippen molar-refractivity contribution >= 4 is 22.4 Å². The number of quaternary nitrogens is 1. The van der Waals surface area contributed by atoms with E-state index in [1.807, 2.05) is 43.3 Å². The maximum atomic E-state index is 12.8. The third kappa shape index (κ3) is 3.44. The Morgan fingerprint density at radius 3 is 2.41 bits per heavy atom. The van der Waals surface area contributed by atoms with Gasteiger partial charge in [0, 0.05) is 37.8 Å². The highest BCUT2D eigenvalue weighted by molar-refractivity contribution is 6.03. The molecule has 1 atom stereocenters. The minimum atomic E-state index is -0.494. The summed E-state index contributed by atoms with van der Waals surface area (Å²) in [5.74, 6) is -0.663. The van der Waals surface area contributed by atoms with E-state index < -0.39 is 11.3 Å². The molecule has 6 heteroatoms. The number of ketones is 1. The van der Waals surface area contributed by atoms with Crippen molar-refractivity contribution in [2.45, 2.75) is 12.5 Å². The van der Waals surface area contributed by atoms with Crippen LogP contribution < -0.4 is 16.2 Å². The molecule has 27 heavy (non-hydrogen) atoms. The lowest BCUT2D eigenvalue weighted by Gasteiger charge is -2.15. The van der Waals surface area contributed by atoms with Gasteiger partial charge in [-0.1, -0.05) is 24.3 Å². The molecule has 0 aliphatic heterocycles. The fraction of sp³-hybridized carbons (Fsp3) is 0.238. The molecule has 0 bridgehead atoms. The second-order valence-corrected chi connectivity index (χ2v) is 6.92. The number of hydrogen-bond acceptors (Lipinski definition) is 4. The molecule has 0 spiro atoms. The average molecular weight is 366 g/mol. The van der Waals surface area contributed by atoms with Gasteiger partial charge in [0.05, 0.1) is 11.9 Å². The molecule has 3 aromatic rings. The smallest absolute Gasteiger partial charge is 0.265 e. The number of hydrogen-bond donors (Lipinski definition) is 2. The molecule has 0 saturated carbocycles. The number of anilines is 1. The van der Waals surface area contributed by atoms with Crippen molar-refractivity contribution in [1.29, 1.82) is 0 Å². The van der Waals surface area contributed by atoms with Crippen molar-refractivity contribution in [3.05, 3.63) is 70.0 Å². The van der Waals surface area contributed by atoms with E-state index in [1.54, 1.807) is 31.3 Å². The molecule has 0 aliphatic carbocycles. The van der Waals surface area contributed by atoms with Gasteiger partial charge in [-0.3, -0.25) is 9.59 Å².